The number of hydrogen-bond donors (Lipinski definition) is 2. The van der Waals surface area contributed by atoms with Gasteiger partial charge in [-0.3, -0.25) is 4.79 Å². The molecule has 3 aliphatic rings. The lowest BCUT2D eigenvalue weighted by Crippen LogP contribution is -2.43. The maximum atomic E-state index is 13.3. The van der Waals surface area contributed by atoms with Crippen LogP contribution in [0.3, 0.4) is 0 Å². The molecule has 2 aromatic carbocycles. The molecule has 8 nitrogen and oxygen atoms in total. The molecule has 1 fully saturated rings. The van der Waals surface area contributed by atoms with Gasteiger partial charge in [-0.15, -0.1) is 0 Å². The molecule has 30 heavy (non-hydrogen) atoms. The Kier molecular flexibility index (Phi) is 4.59. The fourth-order valence-electron chi connectivity index (χ4n) is 4.31. The van der Waals surface area contributed by atoms with Crippen molar-refractivity contribution >= 4 is 21.6 Å². The molecule has 0 aromatic heterocycles. The molecule has 1 aliphatic carbocycles. The van der Waals surface area contributed by atoms with Crippen LogP contribution in [0, 0.1) is 0 Å². The number of sulfonamides is 1. The van der Waals surface area contributed by atoms with Crippen LogP contribution in [0.5, 0.6) is 17.2 Å². The third-order valence-corrected chi connectivity index (χ3v) is 7.31. The van der Waals surface area contributed by atoms with Crippen molar-refractivity contribution in [2.24, 2.45) is 0 Å². The van der Waals surface area contributed by atoms with Crippen LogP contribution in [-0.2, 0) is 20.4 Å². The van der Waals surface area contributed by atoms with E-state index in [0.717, 1.165) is 18.4 Å². The van der Waals surface area contributed by atoms with Gasteiger partial charge < -0.3 is 19.5 Å². The number of amides is 1. The van der Waals surface area contributed by atoms with Gasteiger partial charge in [0, 0.05) is 0 Å². The molecule has 2 aromatic rings. The molecule has 0 bridgehead atoms. The average Bonchev–Trinajstić information content (AvgIpc) is 3.21. The number of anilines is 1. The highest BCUT2D eigenvalue weighted by molar-refractivity contribution is 7.89. The fraction of sp³-hybridized carbons (Fsp3) is 0.381. The quantitative estimate of drug-likeness (QED) is 0.773. The molecule has 0 spiro atoms. The summed E-state index contributed by atoms with van der Waals surface area (Å²) in [6.45, 7) is 0.894. The van der Waals surface area contributed by atoms with E-state index in [1.54, 1.807) is 6.07 Å². The zero-order valence-electron chi connectivity index (χ0n) is 16.3. The molecule has 0 unspecified atom stereocenters. The molecular formula is C21H22N2O6S. The third kappa shape index (κ3) is 3.37. The first-order chi connectivity index (χ1) is 14.5. The monoisotopic (exact) mass is 430 g/mol. The molecule has 1 amide bonds. The lowest BCUT2D eigenvalue weighted by Gasteiger charge is -2.32. The fourth-order valence-corrected chi connectivity index (χ4v) is 5.79. The van der Waals surface area contributed by atoms with Crippen molar-refractivity contribution in [3.8, 4) is 17.2 Å². The van der Waals surface area contributed by atoms with Gasteiger partial charge in [0.15, 0.2) is 18.1 Å². The highest BCUT2D eigenvalue weighted by Gasteiger charge is 2.40. The Morgan fingerprint density at radius 2 is 1.63 bits per heavy atom. The summed E-state index contributed by atoms with van der Waals surface area (Å²) >= 11 is 0. The normalized spacial score (nSPS) is 19.5. The van der Waals surface area contributed by atoms with Crippen molar-refractivity contribution in [3.05, 3.63) is 42.0 Å². The molecule has 1 saturated carbocycles. The van der Waals surface area contributed by atoms with E-state index in [1.165, 1.54) is 12.1 Å². The first-order valence-corrected chi connectivity index (χ1v) is 11.4. The summed E-state index contributed by atoms with van der Waals surface area (Å²) in [7, 11) is -3.85. The second kappa shape index (κ2) is 7.17. The number of hydrogen-bond acceptors (Lipinski definition) is 6. The summed E-state index contributed by atoms with van der Waals surface area (Å²) < 4.78 is 46.2. The molecule has 5 rings (SSSR count). The maximum absolute atomic E-state index is 13.3. The first kappa shape index (κ1) is 19.2. The van der Waals surface area contributed by atoms with E-state index in [0.29, 0.717) is 49.0 Å². The predicted molar refractivity (Wildman–Crippen MR) is 108 cm³/mol. The van der Waals surface area contributed by atoms with Crippen LogP contribution in [0.4, 0.5) is 5.69 Å². The van der Waals surface area contributed by atoms with Gasteiger partial charge in [0.1, 0.15) is 19.0 Å². The van der Waals surface area contributed by atoms with Crippen LogP contribution in [0.15, 0.2) is 41.3 Å². The molecule has 2 heterocycles. The van der Waals surface area contributed by atoms with E-state index in [2.05, 4.69) is 10.0 Å². The molecule has 158 valence electrons. The number of carbonyl (C=O) groups is 1. The molecule has 0 saturated heterocycles. The number of rotatable bonds is 4. The number of ether oxygens (including phenoxy) is 3. The minimum atomic E-state index is -3.85. The van der Waals surface area contributed by atoms with Gasteiger partial charge in [0.2, 0.25) is 10.0 Å². The zero-order chi connectivity index (χ0) is 20.8. The number of benzene rings is 2. The van der Waals surface area contributed by atoms with Gasteiger partial charge in [-0.1, -0.05) is 18.9 Å². The maximum Gasteiger partial charge on any atom is 0.262 e. The van der Waals surface area contributed by atoms with E-state index in [-0.39, 0.29) is 17.4 Å². The second-order valence-corrected chi connectivity index (χ2v) is 9.43. The standard InChI is InChI=1S/C21H22N2O6S/c24-20-13-29-17-6-4-15(12-16(17)22-20)30(25,26)23-21(7-1-2-8-21)14-3-5-18-19(11-14)28-10-9-27-18/h3-6,11-12,23H,1-2,7-10,13H2,(H,22,24). The summed E-state index contributed by atoms with van der Waals surface area (Å²) in [5, 5.41) is 2.65. The van der Waals surface area contributed by atoms with Crippen molar-refractivity contribution in [2.75, 3.05) is 25.1 Å². The van der Waals surface area contributed by atoms with E-state index in [9.17, 15) is 13.2 Å². The van der Waals surface area contributed by atoms with Crippen molar-refractivity contribution in [1.82, 2.24) is 4.72 Å². The Bertz CT molecular complexity index is 1110. The Morgan fingerprint density at radius 1 is 0.900 bits per heavy atom. The van der Waals surface area contributed by atoms with Crippen molar-refractivity contribution in [3.63, 3.8) is 0 Å². The van der Waals surface area contributed by atoms with Gasteiger partial charge in [-0.25, -0.2) is 13.1 Å². The van der Waals surface area contributed by atoms with Gasteiger partial charge in [-0.05, 0) is 48.7 Å². The Balaban J connectivity index is 1.49. The first-order valence-electron chi connectivity index (χ1n) is 9.96. The predicted octanol–water partition coefficient (Wildman–Crippen LogP) is 2.54. The summed E-state index contributed by atoms with van der Waals surface area (Å²) in [5.74, 6) is 1.45. The van der Waals surface area contributed by atoms with E-state index in [4.69, 9.17) is 14.2 Å². The number of nitrogens with one attached hydrogen (secondary N) is 2. The lowest BCUT2D eigenvalue weighted by atomic mass is 9.89. The molecule has 0 atom stereocenters. The smallest absolute Gasteiger partial charge is 0.262 e. The lowest BCUT2D eigenvalue weighted by molar-refractivity contribution is -0.118. The van der Waals surface area contributed by atoms with E-state index >= 15 is 0 Å². The molecule has 9 heteroatoms. The Morgan fingerprint density at radius 3 is 2.43 bits per heavy atom. The highest BCUT2D eigenvalue weighted by atomic mass is 32.2. The minimum Gasteiger partial charge on any atom is -0.486 e. The van der Waals surface area contributed by atoms with Gasteiger partial charge >= 0.3 is 0 Å². The summed E-state index contributed by atoms with van der Waals surface area (Å²) in [5.41, 5.74) is 0.501. The van der Waals surface area contributed by atoms with Crippen LogP contribution in [0.1, 0.15) is 31.2 Å². The summed E-state index contributed by atoms with van der Waals surface area (Å²) in [6.07, 6.45) is 3.23. The number of fused-ring (bicyclic) bond motifs is 2. The SMILES string of the molecule is O=C1COc2ccc(S(=O)(=O)NC3(c4ccc5c(c4)OCCO5)CCCC3)cc2N1. The van der Waals surface area contributed by atoms with Gasteiger partial charge in [0.05, 0.1) is 16.1 Å². The molecule has 2 aliphatic heterocycles. The van der Waals surface area contributed by atoms with Gasteiger partial charge in [-0.2, -0.15) is 0 Å². The number of carbonyl (C=O) groups excluding carboxylic acids is 1. The van der Waals surface area contributed by atoms with Crippen molar-refractivity contribution < 1.29 is 27.4 Å². The third-order valence-electron chi connectivity index (χ3n) is 5.78. The largest absolute Gasteiger partial charge is 0.486 e. The summed E-state index contributed by atoms with van der Waals surface area (Å²) in [6, 6.07) is 10.1. The van der Waals surface area contributed by atoms with Gasteiger partial charge in [0.25, 0.3) is 5.91 Å². The highest BCUT2D eigenvalue weighted by Crippen LogP contribution is 2.43. The summed E-state index contributed by atoms with van der Waals surface area (Å²) in [4.78, 5) is 11.7. The van der Waals surface area contributed by atoms with Crippen LogP contribution in [0.2, 0.25) is 0 Å². The van der Waals surface area contributed by atoms with Crippen molar-refractivity contribution in [2.45, 2.75) is 36.1 Å². The second-order valence-electron chi connectivity index (χ2n) is 7.75. The minimum absolute atomic E-state index is 0.0788. The molecule has 2 N–H and O–H groups in total. The zero-order valence-corrected chi connectivity index (χ0v) is 17.1. The van der Waals surface area contributed by atoms with Crippen LogP contribution in [0.25, 0.3) is 0 Å². The van der Waals surface area contributed by atoms with Crippen LogP contribution in [-0.4, -0.2) is 34.1 Å². The molecular weight excluding hydrogens is 408 g/mol. The average molecular weight is 430 g/mol. The topological polar surface area (TPSA) is 103 Å². The Hall–Kier alpha value is -2.78. The van der Waals surface area contributed by atoms with E-state index in [1.807, 2.05) is 18.2 Å². The Labute approximate surface area is 174 Å². The van der Waals surface area contributed by atoms with Crippen molar-refractivity contribution in [1.29, 1.82) is 0 Å². The van der Waals surface area contributed by atoms with Crippen LogP contribution >= 0.6 is 0 Å². The van der Waals surface area contributed by atoms with E-state index < -0.39 is 15.6 Å². The van der Waals surface area contributed by atoms with Crippen LogP contribution < -0.4 is 24.2 Å². The molecule has 0 radical (unpaired) electrons.